The first-order valence-corrected chi connectivity index (χ1v) is 12.0. The van der Waals surface area contributed by atoms with Crippen molar-refractivity contribution in [1.29, 1.82) is 0 Å². The van der Waals surface area contributed by atoms with Gasteiger partial charge in [0.25, 0.3) is 5.91 Å². The number of nitrogens with zero attached hydrogens (tertiary/aromatic N) is 6. The van der Waals surface area contributed by atoms with E-state index in [4.69, 9.17) is 5.73 Å². The van der Waals surface area contributed by atoms with Crippen molar-refractivity contribution in [3.63, 3.8) is 0 Å². The molecule has 8 nitrogen and oxygen atoms in total. The Balaban J connectivity index is 1.28. The molecule has 0 spiro atoms. The molecule has 1 fully saturated rings. The molecular weight excluding hydrogens is 438 g/mol. The molecule has 2 N–H and O–H groups in total. The van der Waals surface area contributed by atoms with Gasteiger partial charge in [-0.2, -0.15) is 0 Å². The van der Waals surface area contributed by atoms with Crippen LogP contribution < -0.4 is 5.73 Å². The molecule has 3 aromatic heterocycles. The molecule has 0 unspecified atom stereocenters. The van der Waals surface area contributed by atoms with Crippen molar-refractivity contribution in [2.24, 2.45) is 7.05 Å². The van der Waals surface area contributed by atoms with Crippen LogP contribution in [-0.4, -0.2) is 62.4 Å². The third kappa shape index (κ3) is 4.61. The van der Waals surface area contributed by atoms with E-state index in [0.29, 0.717) is 5.92 Å². The van der Waals surface area contributed by atoms with E-state index < -0.39 is 0 Å². The third-order valence-electron chi connectivity index (χ3n) is 7.02. The molecule has 4 aromatic rings. The lowest BCUT2D eigenvalue weighted by molar-refractivity contribution is 0.0827. The average molecular weight is 470 g/mol. The maximum Gasteiger partial charge on any atom is 0.253 e. The molecule has 180 valence electrons. The summed E-state index contributed by atoms with van der Waals surface area (Å²) in [7, 11) is 5.65. The predicted octanol–water partition coefficient (Wildman–Crippen LogP) is 3.69. The molecule has 0 saturated carbocycles. The van der Waals surface area contributed by atoms with Crippen molar-refractivity contribution < 1.29 is 4.79 Å². The lowest BCUT2D eigenvalue weighted by Gasteiger charge is -2.32. The minimum Gasteiger partial charge on any atom is -0.368 e. The predicted molar refractivity (Wildman–Crippen MR) is 138 cm³/mol. The van der Waals surface area contributed by atoms with Gasteiger partial charge in [-0.1, -0.05) is 12.1 Å². The van der Waals surface area contributed by atoms with E-state index in [0.717, 1.165) is 60.2 Å². The number of pyridine rings is 1. The highest BCUT2D eigenvalue weighted by Crippen LogP contribution is 2.32. The Morgan fingerprint density at radius 3 is 2.40 bits per heavy atom. The summed E-state index contributed by atoms with van der Waals surface area (Å²) in [6, 6.07) is 12.4. The summed E-state index contributed by atoms with van der Waals surface area (Å²) in [5.74, 6) is 0.845. The smallest absolute Gasteiger partial charge is 0.253 e. The van der Waals surface area contributed by atoms with Gasteiger partial charge in [-0.15, -0.1) is 0 Å². The van der Waals surface area contributed by atoms with Crippen LogP contribution in [0, 0.1) is 0 Å². The Morgan fingerprint density at radius 2 is 1.74 bits per heavy atom. The topological polar surface area (TPSA) is 93.2 Å². The van der Waals surface area contributed by atoms with Gasteiger partial charge >= 0.3 is 0 Å². The highest BCUT2D eigenvalue weighted by atomic mass is 16.2. The van der Waals surface area contributed by atoms with Crippen molar-refractivity contribution in [3.05, 3.63) is 71.8 Å². The van der Waals surface area contributed by atoms with Crippen molar-refractivity contribution in [1.82, 2.24) is 29.3 Å². The van der Waals surface area contributed by atoms with Crippen molar-refractivity contribution >= 4 is 22.9 Å². The second-order valence-electron chi connectivity index (χ2n) is 9.49. The zero-order valence-electron chi connectivity index (χ0n) is 20.5. The van der Waals surface area contributed by atoms with E-state index in [1.54, 1.807) is 31.4 Å². The van der Waals surface area contributed by atoms with Gasteiger partial charge in [0.2, 0.25) is 5.95 Å². The van der Waals surface area contributed by atoms with Gasteiger partial charge < -0.3 is 15.2 Å². The van der Waals surface area contributed by atoms with Gasteiger partial charge in [-0.3, -0.25) is 9.69 Å². The highest BCUT2D eigenvalue weighted by Gasteiger charge is 2.22. The van der Waals surface area contributed by atoms with Crippen LogP contribution in [0.25, 0.3) is 22.2 Å². The lowest BCUT2D eigenvalue weighted by atomic mass is 9.89. The van der Waals surface area contributed by atoms with Crippen LogP contribution in [0.2, 0.25) is 0 Å². The highest BCUT2D eigenvalue weighted by molar-refractivity contribution is 5.94. The Kier molecular flexibility index (Phi) is 6.21. The number of aromatic nitrogens is 4. The first kappa shape index (κ1) is 23.0. The van der Waals surface area contributed by atoms with E-state index in [-0.39, 0.29) is 11.9 Å². The molecule has 0 bridgehead atoms. The van der Waals surface area contributed by atoms with Crippen molar-refractivity contribution in [2.45, 2.75) is 25.3 Å². The van der Waals surface area contributed by atoms with Crippen LogP contribution in [0.1, 0.15) is 40.4 Å². The first-order chi connectivity index (χ1) is 16.9. The fourth-order valence-corrected chi connectivity index (χ4v) is 4.96. The second-order valence-corrected chi connectivity index (χ2v) is 9.49. The van der Waals surface area contributed by atoms with E-state index >= 15 is 0 Å². The van der Waals surface area contributed by atoms with Crippen molar-refractivity contribution in [2.75, 3.05) is 32.9 Å². The van der Waals surface area contributed by atoms with Gasteiger partial charge in [0, 0.05) is 68.5 Å². The number of benzene rings is 1. The van der Waals surface area contributed by atoms with Crippen molar-refractivity contribution in [3.8, 4) is 11.1 Å². The number of likely N-dealkylation sites (tertiary alicyclic amines) is 1. The zero-order valence-corrected chi connectivity index (χ0v) is 20.5. The molecule has 1 aliphatic heterocycles. The molecule has 8 heteroatoms. The van der Waals surface area contributed by atoms with Gasteiger partial charge in [-0.05, 0) is 67.2 Å². The summed E-state index contributed by atoms with van der Waals surface area (Å²) in [5.41, 5.74) is 11.9. The van der Waals surface area contributed by atoms with Crippen LogP contribution in [0.3, 0.4) is 0 Å². The van der Waals surface area contributed by atoms with Crippen LogP contribution in [0.15, 0.2) is 55.0 Å². The lowest BCUT2D eigenvalue weighted by Crippen LogP contribution is -2.33. The van der Waals surface area contributed by atoms with Crippen LogP contribution >= 0.6 is 0 Å². The third-order valence-corrected chi connectivity index (χ3v) is 7.02. The number of anilines is 1. The summed E-state index contributed by atoms with van der Waals surface area (Å²) in [6.45, 7) is 2.96. The summed E-state index contributed by atoms with van der Waals surface area (Å²) < 4.78 is 2.18. The Labute approximate surface area is 205 Å². The number of nitrogens with two attached hydrogens (primary N) is 1. The number of carbonyl (C=O) groups excluding carboxylic acids is 1. The number of rotatable bonds is 5. The van der Waals surface area contributed by atoms with Crippen LogP contribution in [0.5, 0.6) is 0 Å². The van der Waals surface area contributed by atoms with Gasteiger partial charge in [0.05, 0.1) is 0 Å². The number of piperidine rings is 1. The molecule has 0 atom stereocenters. The first-order valence-electron chi connectivity index (χ1n) is 12.0. The number of carbonyl (C=O) groups is 1. The molecule has 0 aliphatic carbocycles. The molecule has 1 saturated heterocycles. The molecule has 1 amide bonds. The maximum absolute atomic E-state index is 12.2. The van der Waals surface area contributed by atoms with Crippen LogP contribution in [0.4, 0.5) is 5.95 Å². The molecule has 0 radical (unpaired) electrons. The summed E-state index contributed by atoms with van der Waals surface area (Å²) >= 11 is 0. The SMILES string of the molecule is CN(C)C(=O)c1ccc(C2CCN(Cc3cc4c(-c5cnc(N)nc5)ccnc4n3C)CC2)cc1. The fraction of sp³-hybridized carbons (Fsp3) is 0.333. The molecular formula is C27H31N7O. The second kappa shape index (κ2) is 9.46. The Morgan fingerprint density at radius 1 is 1.06 bits per heavy atom. The monoisotopic (exact) mass is 469 g/mol. The Hall–Kier alpha value is -3.78. The normalized spacial score (nSPS) is 14.9. The van der Waals surface area contributed by atoms with Gasteiger partial charge in [-0.25, -0.2) is 15.0 Å². The molecule has 5 rings (SSSR count). The van der Waals surface area contributed by atoms with E-state index in [1.165, 1.54) is 11.3 Å². The number of hydrogen-bond donors (Lipinski definition) is 1. The minimum absolute atomic E-state index is 0.0443. The Bertz CT molecular complexity index is 1330. The molecule has 1 aliphatic rings. The number of nitrogen functional groups attached to an aromatic ring is 1. The zero-order chi connectivity index (χ0) is 24.5. The molecule has 35 heavy (non-hydrogen) atoms. The standard InChI is InChI=1S/C27H31N7O/c1-32(2)26(35)20-6-4-18(5-7-20)19-9-12-34(13-10-19)17-22-14-24-23(8-11-29-25(24)33(22)3)21-15-30-27(28)31-16-21/h4-8,11,14-16,19H,9-10,12-13,17H2,1-3H3,(H2,28,30,31). The average Bonchev–Trinajstić information content (AvgIpc) is 3.20. The fourth-order valence-electron chi connectivity index (χ4n) is 4.96. The number of hydrogen-bond acceptors (Lipinski definition) is 6. The van der Waals surface area contributed by atoms with E-state index in [2.05, 4.69) is 49.7 Å². The van der Waals surface area contributed by atoms with E-state index in [9.17, 15) is 4.79 Å². The largest absolute Gasteiger partial charge is 0.368 e. The van der Waals surface area contributed by atoms with Gasteiger partial charge in [0.15, 0.2) is 0 Å². The molecule has 1 aromatic carbocycles. The minimum atomic E-state index is 0.0443. The maximum atomic E-state index is 12.2. The number of fused-ring (bicyclic) bond motifs is 1. The number of amides is 1. The summed E-state index contributed by atoms with van der Waals surface area (Å²) in [6.07, 6.45) is 7.57. The van der Waals surface area contributed by atoms with E-state index in [1.807, 2.05) is 24.4 Å². The number of aryl methyl sites for hydroxylation is 1. The summed E-state index contributed by atoms with van der Waals surface area (Å²) in [5, 5.41) is 1.10. The quantitative estimate of drug-likeness (QED) is 0.479. The van der Waals surface area contributed by atoms with Gasteiger partial charge in [0.1, 0.15) is 5.65 Å². The molecule has 4 heterocycles. The van der Waals surface area contributed by atoms with Crippen LogP contribution in [-0.2, 0) is 13.6 Å². The summed E-state index contributed by atoms with van der Waals surface area (Å²) in [4.78, 5) is 29.2.